The Morgan fingerprint density at radius 3 is 2.93 bits per heavy atom. The summed E-state index contributed by atoms with van der Waals surface area (Å²) in [5, 5.41) is 14.3. The zero-order valence-corrected chi connectivity index (χ0v) is 8.51. The van der Waals surface area contributed by atoms with E-state index in [4.69, 9.17) is 0 Å². The normalized spacial score (nSPS) is 10.8. The quantitative estimate of drug-likeness (QED) is 0.529. The molecule has 5 heteroatoms. The Bertz CT molecular complexity index is 307. The summed E-state index contributed by atoms with van der Waals surface area (Å²) in [5.41, 5.74) is 0.940. The number of nitrogens with zero attached hydrogens (tertiary/aromatic N) is 3. The van der Waals surface area contributed by atoms with Crippen LogP contribution in [-0.4, -0.2) is 21.2 Å². The standard InChI is InChI=1S/C9H15N3O2/c1-8(2)7-11-9(3-5-10-11)4-6-12(13)14/h3,5,8H,4,6-7H2,1-2H3. The zero-order valence-electron chi connectivity index (χ0n) is 8.51. The highest BCUT2D eigenvalue weighted by molar-refractivity contribution is 5.00. The van der Waals surface area contributed by atoms with Gasteiger partial charge in [-0.25, -0.2) is 0 Å². The van der Waals surface area contributed by atoms with Crippen LogP contribution in [0.4, 0.5) is 0 Å². The Morgan fingerprint density at radius 1 is 1.64 bits per heavy atom. The second kappa shape index (κ2) is 4.74. The van der Waals surface area contributed by atoms with Gasteiger partial charge in [-0.05, 0) is 12.0 Å². The van der Waals surface area contributed by atoms with Crippen LogP contribution in [0.2, 0.25) is 0 Å². The molecule has 0 spiro atoms. The van der Waals surface area contributed by atoms with Crippen molar-refractivity contribution in [2.24, 2.45) is 5.92 Å². The molecule has 0 amide bonds. The Hall–Kier alpha value is -1.39. The summed E-state index contributed by atoms with van der Waals surface area (Å²) in [6.45, 7) is 4.99. The summed E-state index contributed by atoms with van der Waals surface area (Å²) >= 11 is 0. The van der Waals surface area contributed by atoms with Crippen LogP contribution >= 0.6 is 0 Å². The van der Waals surface area contributed by atoms with Crippen molar-refractivity contribution >= 4 is 0 Å². The van der Waals surface area contributed by atoms with E-state index in [1.54, 1.807) is 6.20 Å². The van der Waals surface area contributed by atoms with Crippen molar-refractivity contribution in [3.63, 3.8) is 0 Å². The molecule has 0 fully saturated rings. The average molecular weight is 197 g/mol. The van der Waals surface area contributed by atoms with Crippen molar-refractivity contribution in [2.45, 2.75) is 26.8 Å². The molecule has 0 atom stereocenters. The van der Waals surface area contributed by atoms with Crippen molar-refractivity contribution in [1.29, 1.82) is 0 Å². The third kappa shape index (κ3) is 3.16. The van der Waals surface area contributed by atoms with Gasteiger partial charge in [-0.2, -0.15) is 5.10 Å². The molecular weight excluding hydrogens is 182 g/mol. The second-order valence-corrected chi connectivity index (χ2v) is 3.70. The summed E-state index contributed by atoms with van der Waals surface area (Å²) in [6.07, 6.45) is 2.15. The highest BCUT2D eigenvalue weighted by atomic mass is 16.6. The zero-order chi connectivity index (χ0) is 10.6. The van der Waals surface area contributed by atoms with E-state index in [1.807, 2.05) is 10.7 Å². The smallest absolute Gasteiger partial charge is 0.209 e. The number of aromatic nitrogens is 2. The molecule has 0 aliphatic heterocycles. The fraction of sp³-hybridized carbons (Fsp3) is 0.667. The van der Waals surface area contributed by atoms with Gasteiger partial charge in [0.05, 0.1) is 6.42 Å². The van der Waals surface area contributed by atoms with E-state index in [0.29, 0.717) is 12.3 Å². The number of rotatable bonds is 5. The van der Waals surface area contributed by atoms with E-state index >= 15 is 0 Å². The maximum atomic E-state index is 10.2. The first-order chi connectivity index (χ1) is 6.59. The predicted octanol–water partition coefficient (Wildman–Crippen LogP) is 1.36. The van der Waals surface area contributed by atoms with Gasteiger partial charge < -0.3 is 0 Å². The maximum Gasteiger partial charge on any atom is 0.209 e. The van der Waals surface area contributed by atoms with Gasteiger partial charge in [-0.1, -0.05) is 13.8 Å². The minimum absolute atomic E-state index is 0.0240. The summed E-state index contributed by atoms with van der Waals surface area (Å²) in [5.74, 6) is 0.504. The molecule has 0 bridgehead atoms. The van der Waals surface area contributed by atoms with E-state index in [1.165, 1.54) is 0 Å². The highest BCUT2D eigenvalue weighted by Crippen LogP contribution is 2.04. The van der Waals surface area contributed by atoms with E-state index in [0.717, 1.165) is 12.2 Å². The van der Waals surface area contributed by atoms with Crippen LogP contribution < -0.4 is 0 Å². The molecule has 1 aromatic heterocycles. The molecule has 0 aliphatic rings. The molecule has 0 saturated heterocycles. The average Bonchev–Trinajstić information content (AvgIpc) is 2.47. The minimum atomic E-state index is -0.299. The highest BCUT2D eigenvalue weighted by Gasteiger charge is 2.07. The molecule has 0 unspecified atom stereocenters. The molecule has 0 aromatic carbocycles. The predicted molar refractivity (Wildman–Crippen MR) is 52.6 cm³/mol. The molecule has 1 aromatic rings. The Kier molecular flexibility index (Phi) is 3.62. The van der Waals surface area contributed by atoms with Gasteiger partial charge in [0.1, 0.15) is 0 Å². The van der Waals surface area contributed by atoms with Crippen LogP contribution in [-0.2, 0) is 13.0 Å². The lowest BCUT2D eigenvalue weighted by molar-refractivity contribution is -0.479. The molecule has 0 saturated carbocycles. The topological polar surface area (TPSA) is 61.0 Å². The summed E-state index contributed by atoms with van der Waals surface area (Å²) in [6, 6.07) is 1.84. The number of nitro groups is 1. The molecule has 5 nitrogen and oxygen atoms in total. The monoisotopic (exact) mass is 197 g/mol. The molecule has 1 heterocycles. The van der Waals surface area contributed by atoms with Crippen molar-refractivity contribution < 1.29 is 4.92 Å². The molecule has 14 heavy (non-hydrogen) atoms. The number of hydrogen-bond acceptors (Lipinski definition) is 3. The van der Waals surface area contributed by atoms with Gasteiger partial charge >= 0.3 is 0 Å². The molecule has 1 rings (SSSR count). The van der Waals surface area contributed by atoms with Gasteiger partial charge in [0, 0.05) is 23.4 Å². The SMILES string of the molecule is CC(C)Cn1nccc1CC[N+](=O)[O-]. The molecular formula is C9H15N3O2. The van der Waals surface area contributed by atoms with Crippen molar-refractivity contribution in [3.8, 4) is 0 Å². The Morgan fingerprint density at radius 2 is 2.36 bits per heavy atom. The maximum absolute atomic E-state index is 10.2. The van der Waals surface area contributed by atoms with Gasteiger partial charge in [0.25, 0.3) is 0 Å². The number of hydrogen-bond donors (Lipinski definition) is 0. The van der Waals surface area contributed by atoms with Crippen LogP contribution in [0.5, 0.6) is 0 Å². The first-order valence-electron chi connectivity index (χ1n) is 4.72. The van der Waals surface area contributed by atoms with Gasteiger partial charge in [-0.15, -0.1) is 0 Å². The van der Waals surface area contributed by atoms with E-state index in [-0.39, 0.29) is 11.5 Å². The molecule has 0 radical (unpaired) electrons. The third-order valence-electron chi connectivity index (χ3n) is 1.89. The Balaban J connectivity index is 2.58. The molecule has 78 valence electrons. The van der Waals surface area contributed by atoms with E-state index in [2.05, 4.69) is 18.9 Å². The fourth-order valence-corrected chi connectivity index (χ4v) is 1.29. The van der Waals surface area contributed by atoms with Crippen molar-refractivity contribution in [1.82, 2.24) is 9.78 Å². The van der Waals surface area contributed by atoms with Crippen LogP contribution in [0, 0.1) is 16.0 Å². The second-order valence-electron chi connectivity index (χ2n) is 3.70. The lowest BCUT2D eigenvalue weighted by Gasteiger charge is -2.08. The van der Waals surface area contributed by atoms with Crippen molar-refractivity contribution in [2.75, 3.05) is 6.54 Å². The molecule has 0 aliphatic carbocycles. The fourth-order valence-electron chi connectivity index (χ4n) is 1.29. The van der Waals surface area contributed by atoms with Crippen LogP contribution in [0.1, 0.15) is 19.5 Å². The van der Waals surface area contributed by atoms with Crippen LogP contribution in [0.15, 0.2) is 12.3 Å². The van der Waals surface area contributed by atoms with E-state index < -0.39 is 0 Å². The lowest BCUT2D eigenvalue weighted by Crippen LogP contribution is -2.13. The van der Waals surface area contributed by atoms with E-state index in [9.17, 15) is 10.1 Å². The lowest BCUT2D eigenvalue weighted by atomic mass is 10.2. The van der Waals surface area contributed by atoms with Gasteiger partial charge in [0.15, 0.2) is 0 Å². The van der Waals surface area contributed by atoms with Gasteiger partial charge in [0.2, 0.25) is 6.54 Å². The Labute approximate surface area is 82.9 Å². The summed E-state index contributed by atoms with van der Waals surface area (Å²) in [7, 11) is 0. The first-order valence-corrected chi connectivity index (χ1v) is 4.72. The largest absolute Gasteiger partial charge is 0.269 e. The first kappa shape index (κ1) is 10.7. The van der Waals surface area contributed by atoms with Crippen LogP contribution in [0.25, 0.3) is 0 Å². The summed E-state index contributed by atoms with van der Waals surface area (Å²) < 4.78 is 1.84. The minimum Gasteiger partial charge on any atom is -0.269 e. The molecule has 0 N–H and O–H groups in total. The summed E-state index contributed by atoms with van der Waals surface area (Å²) in [4.78, 5) is 9.90. The van der Waals surface area contributed by atoms with Crippen LogP contribution in [0.3, 0.4) is 0 Å². The van der Waals surface area contributed by atoms with Crippen molar-refractivity contribution in [3.05, 3.63) is 28.1 Å². The van der Waals surface area contributed by atoms with Gasteiger partial charge in [-0.3, -0.25) is 14.8 Å². The third-order valence-corrected chi connectivity index (χ3v) is 1.89.